The number of nitrogens with two attached hydrogens (primary N) is 1. The van der Waals surface area contributed by atoms with Crippen molar-refractivity contribution in [2.75, 3.05) is 0 Å². The minimum Gasteiger partial charge on any atom is -0.368 e. The zero-order valence-electron chi connectivity index (χ0n) is 13.4. The van der Waals surface area contributed by atoms with Crippen LogP contribution in [-0.2, 0) is 11.3 Å². The van der Waals surface area contributed by atoms with Crippen molar-refractivity contribution in [1.29, 1.82) is 0 Å². The van der Waals surface area contributed by atoms with Gasteiger partial charge in [0.05, 0.1) is 11.1 Å². The zero-order chi connectivity index (χ0) is 18.7. The molecule has 0 atom stereocenters. The molecule has 0 bridgehead atoms. The summed E-state index contributed by atoms with van der Waals surface area (Å²) in [7, 11) is 0. The van der Waals surface area contributed by atoms with Crippen LogP contribution in [0.3, 0.4) is 0 Å². The molecular weight excluding hydrogens is 348 g/mol. The Bertz CT molecular complexity index is 957. The molecule has 2 rings (SSSR count). The third kappa shape index (κ3) is 4.04. The highest BCUT2D eigenvalue weighted by Crippen LogP contribution is 2.17. The molecule has 130 valence electrons. The molecule has 0 aliphatic heterocycles. The van der Waals surface area contributed by atoms with Gasteiger partial charge in [-0.05, 0) is 36.8 Å². The number of amides is 2. The first-order valence-corrected chi connectivity index (χ1v) is 7.85. The summed E-state index contributed by atoms with van der Waals surface area (Å²) in [6, 6.07) is 4.66. The molecule has 2 N–H and O–H groups in total. The second-order valence-corrected chi connectivity index (χ2v) is 6.14. The van der Waals surface area contributed by atoms with Crippen LogP contribution in [0.2, 0.25) is 0 Å². The molecule has 2 amide bonds. The molecule has 10 heteroatoms. The Balaban J connectivity index is 2.55. The highest BCUT2D eigenvalue weighted by Gasteiger charge is 2.17. The average Bonchev–Trinajstić information content (AvgIpc) is 2.89. The number of hydrogen-bond acceptors (Lipinski definition) is 6. The number of primary amides is 1. The van der Waals surface area contributed by atoms with E-state index in [1.807, 2.05) is 0 Å². The maximum absolute atomic E-state index is 12.5. The monoisotopic (exact) mass is 362 g/mol. The van der Waals surface area contributed by atoms with Crippen LogP contribution >= 0.6 is 11.3 Å². The van der Waals surface area contributed by atoms with E-state index in [0.717, 1.165) is 10.8 Å². The van der Waals surface area contributed by atoms with Crippen LogP contribution in [0.5, 0.6) is 0 Å². The maximum atomic E-state index is 12.5. The third-order valence-corrected chi connectivity index (χ3v) is 4.33. The zero-order valence-corrected chi connectivity index (χ0v) is 14.2. The highest BCUT2D eigenvalue weighted by atomic mass is 32.1. The fraction of sp³-hybridized carbons (Fsp3) is 0.200. The van der Waals surface area contributed by atoms with Crippen LogP contribution in [0.4, 0.5) is 5.00 Å². The van der Waals surface area contributed by atoms with Gasteiger partial charge in [0.1, 0.15) is 6.54 Å². The van der Waals surface area contributed by atoms with Gasteiger partial charge in [-0.2, -0.15) is 4.99 Å². The summed E-state index contributed by atoms with van der Waals surface area (Å²) in [5.74, 6) is -1.59. The molecule has 0 fully saturated rings. The largest absolute Gasteiger partial charge is 0.368 e. The molecule has 0 aliphatic rings. The van der Waals surface area contributed by atoms with Crippen molar-refractivity contribution >= 4 is 33.9 Å². The van der Waals surface area contributed by atoms with Crippen molar-refractivity contribution in [2.45, 2.75) is 20.4 Å². The van der Waals surface area contributed by atoms with Gasteiger partial charge in [-0.25, -0.2) is 0 Å². The van der Waals surface area contributed by atoms with Gasteiger partial charge in [0, 0.05) is 11.1 Å². The summed E-state index contributed by atoms with van der Waals surface area (Å²) in [6.07, 6.45) is 1.10. The second kappa shape index (κ2) is 7.18. The van der Waals surface area contributed by atoms with E-state index in [0.29, 0.717) is 22.5 Å². The Kier molecular flexibility index (Phi) is 5.22. The topological polar surface area (TPSA) is 138 Å². The first kappa shape index (κ1) is 18.2. The number of nitrogens with zero attached hydrogens (tertiary/aromatic N) is 3. The van der Waals surface area contributed by atoms with E-state index in [1.165, 1.54) is 13.0 Å². The number of ketones is 1. The molecule has 0 spiro atoms. The van der Waals surface area contributed by atoms with Gasteiger partial charge in [0.15, 0.2) is 10.6 Å². The SMILES string of the molecule is CC(=O)c1cccc(C(=O)N=c2sc([N+](=O)[O-])cn2CC(N)=O)c1C. The smallest absolute Gasteiger partial charge is 0.343 e. The highest BCUT2D eigenvalue weighted by molar-refractivity contribution is 7.12. The molecule has 25 heavy (non-hydrogen) atoms. The molecule has 0 aliphatic carbocycles. The van der Waals surface area contributed by atoms with Crippen molar-refractivity contribution in [3.8, 4) is 0 Å². The van der Waals surface area contributed by atoms with E-state index in [9.17, 15) is 24.5 Å². The Morgan fingerprint density at radius 2 is 1.96 bits per heavy atom. The number of hydrogen-bond donors (Lipinski definition) is 1. The van der Waals surface area contributed by atoms with Gasteiger partial charge in [-0.1, -0.05) is 12.1 Å². The standard InChI is InChI=1S/C15H14N4O5S/c1-8-10(9(2)20)4-3-5-11(8)14(22)17-15-18(6-12(16)21)7-13(25-15)19(23)24/h3-5,7H,6H2,1-2H3,(H2,16,21). The number of carbonyl (C=O) groups excluding carboxylic acids is 3. The fourth-order valence-electron chi connectivity index (χ4n) is 2.22. The number of carbonyl (C=O) groups is 3. The lowest BCUT2D eigenvalue weighted by Gasteiger charge is -2.05. The lowest BCUT2D eigenvalue weighted by molar-refractivity contribution is -0.380. The lowest BCUT2D eigenvalue weighted by Crippen LogP contribution is -2.25. The number of aromatic nitrogens is 1. The molecular formula is C15H14N4O5S. The van der Waals surface area contributed by atoms with Crippen LogP contribution in [0, 0.1) is 17.0 Å². The summed E-state index contributed by atoms with van der Waals surface area (Å²) in [5, 5.41) is 10.6. The summed E-state index contributed by atoms with van der Waals surface area (Å²) >= 11 is 0.651. The average molecular weight is 362 g/mol. The van der Waals surface area contributed by atoms with Crippen molar-refractivity contribution in [3.05, 3.63) is 56.0 Å². The quantitative estimate of drug-likeness (QED) is 0.484. The van der Waals surface area contributed by atoms with E-state index in [1.54, 1.807) is 19.1 Å². The summed E-state index contributed by atoms with van der Waals surface area (Å²) in [4.78, 5) is 49.2. The van der Waals surface area contributed by atoms with Crippen LogP contribution in [0.25, 0.3) is 0 Å². The number of Topliss-reactive ketones (excluding diaryl/α,β-unsaturated/α-hetero) is 1. The fourth-order valence-corrected chi connectivity index (χ4v) is 3.02. The number of rotatable bonds is 5. The predicted molar refractivity (Wildman–Crippen MR) is 89.2 cm³/mol. The van der Waals surface area contributed by atoms with E-state index < -0.39 is 16.7 Å². The number of thiazole rings is 1. The lowest BCUT2D eigenvalue weighted by atomic mass is 9.99. The van der Waals surface area contributed by atoms with E-state index >= 15 is 0 Å². The summed E-state index contributed by atoms with van der Waals surface area (Å²) in [5.41, 5.74) is 6.17. The first-order valence-electron chi connectivity index (χ1n) is 7.03. The Morgan fingerprint density at radius 1 is 1.32 bits per heavy atom. The number of nitro groups is 1. The molecule has 1 aromatic carbocycles. The van der Waals surface area contributed by atoms with Crippen molar-refractivity contribution < 1.29 is 19.3 Å². The first-order chi connectivity index (χ1) is 11.7. The molecule has 0 unspecified atom stereocenters. The maximum Gasteiger partial charge on any atom is 0.343 e. The molecule has 2 aromatic rings. The van der Waals surface area contributed by atoms with Crippen LogP contribution < -0.4 is 10.5 Å². The Morgan fingerprint density at radius 3 is 2.52 bits per heavy atom. The Hall–Kier alpha value is -3.14. The van der Waals surface area contributed by atoms with Crippen LogP contribution in [0.15, 0.2) is 29.4 Å². The van der Waals surface area contributed by atoms with Crippen molar-refractivity contribution in [3.63, 3.8) is 0 Å². The van der Waals surface area contributed by atoms with E-state index in [-0.39, 0.29) is 27.7 Å². The van der Waals surface area contributed by atoms with Crippen molar-refractivity contribution in [1.82, 2.24) is 4.57 Å². The van der Waals surface area contributed by atoms with Gasteiger partial charge in [0.25, 0.3) is 5.91 Å². The van der Waals surface area contributed by atoms with Gasteiger partial charge in [-0.3, -0.25) is 24.5 Å². The minimum absolute atomic E-state index is 0.0249. The summed E-state index contributed by atoms with van der Waals surface area (Å²) < 4.78 is 1.15. The van der Waals surface area contributed by atoms with Gasteiger partial charge in [-0.15, -0.1) is 0 Å². The molecule has 1 aromatic heterocycles. The normalized spacial score (nSPS) is 11.4. The molecule has 0 radical (unpaired) electrons. The second-order valence-electron chi connectivity index (χ2n) is 5.15. The molecule has 0 saturated carbocycles. The van der Waals surface area contributed by atoms with Gasteiger partial charge < -0.3 is 10.3 Å². The van der Waals surface area contributed by atoms with Gasteiger partial charge in [0.2, 0.25) is 5.91 Å². The van der Waals surface area contributed by atoms with Crippen molar-refractivity contribution in [2.24, 2.45) is 10.7 Å². The van der Waals surface area contributed by atoms with E-state index in [4.69, 9.17) is 5.73 Å². The molecule has 9 nitrogen and oxygen atoms in total. The Labute approximate surface area is 145 Å². The summed E-state index contributed by atoms with van der Waals surface area (Å²) in [6.45, 7) is 2.66. The molecule has 1 heterocycles. The van der Waals surface area contributed by atoms with Crippen LogP contribution in [-0.4, -0.2) is 27.1 Å². The van der Waals surface area contributed by atoms with Crippen LogP contribution in [0.1, 0.15) is 33.2 Å². The van der Waals surface area contributed by atoms with E-state index in [2.05, 4.69) is 4.99 Å². The third-order valence-electron chi connectivity index (χ3n) is 3.35. The number of benzene rings is 1. The van der Waals surface area contributed by atoms with Gasteiger partial charge >= 0.3 is 5.00 Å². The molecule has 0 saturated heterocycles. The predicted octanol–water partition coefficient (Wildman–Crippen LogP) is 1.20. The minimum atomic E-state index is -0.726.